The van der Waals surface area contributed by atoms with Crippen molar-refractivity contribution in [1.82, 2.24) is 0 Å². The summed E-state index contributed by atoms with van der Waals surface area (Å²) in [6.45, 7) is 0. The molecular formula is C14H13NO3. The molecule has 4 nitrogen and oxygen atoms in total. The van der Waals surface area contributed by atoms with Crippen LogP contribution < -0.4 is 0 Å². The van der Waals surface area contributed by atoms with Crippen molar-refractivity contribution < 1.29 is 14.3 Å². The van der Waals surface area contributed by atoms with E-state index in [9.17, 15) is 9.59 Å². The average molecular weight is 243 g/mol. The summed E-state index contributed by atoms with van der Waals surface area (Å²) in [4.78, 5) is 23.8. The highest BCUT2D eigenvalue weighted by molar-refractivity contribution is 6.06. The third kappa shape index (κ3) is 2.40. The van der Waals surface area contributed by atoms with Crippen LogP contribution in [-0.4, -0.2) is 18.9 Å². The van der Waals surface area contributed by atoms with Crippen LogP contribution >= 0.6 is 0 Å². The lowest BCUT2D eigenvalue weighted by Gasteiger charge is -2.13. The van der Waals surface area contributed by atoms with Crippen LogP contribution in [0.5, 0.6) is 0 Å². The van der Waals surface area contributed by atoms with Gasteiger partial charge in [-0.15, -0.1) is 0 Å². The summed E-state index contributed by atoms with van der Waals surface area (Å²) in [7, 11) is 1.28. The quantitative estimate of drug-likeness (QED) is 0.597. The van der Waals surface area contributed by atoms with Gasteiger partial charge in [0.15, 0.2) is 5.78 Å². The molecule has 0 aromatic heterocycles. The second-order valence-electron chi connectivity index (χ2n) is 4.37. The first kappa shape index (κ1) is 12.3. The maximum atomic E-state index is 12.1. The number of carbonyl (C=O) groups excluding carboxylic acids is 2. The number of hydrogen-bond acceptors (Lipinski definition) is 4. The summed E-state index contributed by atoms with van der Waals surface area (Å²) in [5.74, 6) is -1.47. The van der Waals surface area contributed by atoms with Gasteiger partial charge in [0, 0.05) is 5.92 Å². The van der Waals surface area contributed by atoms with Crippen LogP contribution in [0.2, 0.25) is 0 Å². The van der Waals surface area contributed by atoms with E-state index in [2.05, 4.69) is 0 Å². The van der Waals surface area contributed by atoms with Gasteiger partial charge < -0.3 is 4.74 Å². The molecule has 1 saturated carbocycles. The van der Waals surface area contributed by atoms with Crippen LogP contribution in [0.1, 0.15) is 29.9 Å². The standard InChI is InChI=1S/C14H13NO3/c1-18-14(17)12(13(16)11-6-7-11)10-4-2-9(8-15)3-5-10/h2-5,11-12H,6-7H2,1H3. The first-order chi connectivity index (χ1) is 8.67. The molecule has 1 fully saturated rings. The summed E-state index contributed by atoms with van der Waals surface area (Å²) in [5, 5.41) is 8.72. The van der Waals surface area contributed by atoms with Gasteiger partial charge in [-0.25, -0.2) is 0 Å². The minimum Gasteiger partial charge on any atom is -0.468 e. The first-order valence-electron chi connectivity index (χ1n) is 5.79. The molecule has 1 atom stereocenters. The number of carbonyl (C=O) groups is 2. The fourth-order valence-corrected chi connectivity index (χ4v) is 1.89. The summed E-state index contributed by atoms with van der Waals surface area (Å²) in [6, 6.07) is 8.48. The molecule has 0 spiro atoms. The van der Waals surface area contributed by atoms with E-state index in [1.165, 1.54) is 7.11 Å². The molecule has 0 bridgehead atoms. The minimum atomic E-state index is -0.852. The predicted octanol–water partition coefficient (Wildman–Crippen LogP) is 1.79. The van der Waals surface area contributed by atoms with Gasteiger partial charge in [-0.3, -0.25) is 9.59 Å². The van der Waals surface area contributed by atoms with Crippen LogP contribution in [0.25, 0.3) is 0 Å². The van der Waals surface area contributed by atoms with E-state index in [1.807, 2.05) is 6.07 Å². The molecule has 1 unspecified atom stereocenters. The number of Topliss-reactive ketones (excluding diaryl/α,β-unsaturated/α-hetero) is 1. The van der Waals surface area contributed by atoms with E-state index in [-0.39, 0.29) is 11.7 Å². The highest BCUT2D eigenvalue weighted by Crippen LogP contribution is 2.36. The zero-order valence-corrected chi connectivity index (χ0v) is 10.1. The fraction of sp³-hybridized carbons (Fsp3) is 0.357. The van der Waals surface area contributed by atoms with E-state index < -0.39 is 11.9 Å². The van der Waals surface area contributed by atoms with E-state index in [1.54, 1.807) is 24.3 Å². The summed E-state index contributed by atoms with van der Waals surface area (Å²) in [5.41, 5.74) is 1.10. The second-order valence-corrected chi connectivity index (χ2v) is 4.37. The van der Waals surface area contributed by atoms with Crippen LogP contribution in [0.4, 0.5) is 0 Å². The highest BCUT2D eigenvalue weighted by Gasteiger charge is 2.39. The molecule has 92 valence electrons. The van der Waals surface area contributed by atoms with E-state index in [0.717, 1.165) is 12.8 Å². The van der Waals surface area contributed by atoms with Crippen LogP contribution in [0.3, 0.4) is 0 Å². The summed E-state index contributed by atoms with van der Waals surface area (Å²) < 4.78 is 4.70. The zero-order valence-electron chi connectivity index (χ0n) is 10.1. The average Bonchev–Trinajstić information content (AvgIpc) is 3.23. The number of nitrogens with zero attached hydrogens (tertiary/aromatic N) is 1. The molecule has 2 rings (SSSR count). The summed E-state index contributed by atoms with van der Waals surface area (Å²) in [6.07, 6.45) is 1.70. The number of hydrogen-bond donors (Lipinski definition) is 0. The van der Waals surface area contributed by atoms with Crippen LogP contribution in [0, 0.1) is 17.2 Å². The van der Waals surface area contributed by atoms with Crippen molar-refractivity contribution in [1.29, 1.82) is 5.26 Å². The van der Waals surface area contributed by atoms with Gasteiger partial charge in [-0.1, -0.05) is 12.1 Å². The van der Waals surface area contributed by atoms with Crippen molar-refractivity contribution in [2.45, 2.75) is 18.8 Å². The highest BCUT2D eigenvalue weighted by atomic mass is 16.5. The number of ketones is 1. The van der Waals surface area contributed by atoms with Crippen LogP contribution in [0.15, 0.2) is 24.3 Å². The Labute approximate surface area is 105 Å². The van der Waals surface area contributed by atoms with E-state index in [0.29, 0.717) is 11.1 Å². The molecule has 0 saturated heterocycles. The molecule has 1 aromatic rings. The summed E-state index contributed by atoms with van der Waals surface area (Å²) >= 11 is 0. The minimum absolute atomic E-state index is 0.00950. The molecule has 18 heavy (non-hydrogen) atoms. The Bertz CT molecular complexity index is 509. The first-order valence-corrected chi connectivity index (χ1v) is 5.79. The van der Waals surface area contributed by atoms with Gasteiger partial charge in [-0.2, -0.15) is 5.26 Å². The Morgan fingerprint density at radius 3 is 2.39 bits per heavy atom. The molecule has 0 N–H and O–H groups in total. The molecule has 1 aliphatic carbocycles. The molecule has 1 aromatic carbocycles. The van der Waals surface area contributed by atoms with Crippen LogP contribution in [-0.2, 0) is 14.3 Å². The number of methoxy groups -OCH3 is 1. The Hall–Kier alpha value is -2.15. The Morgan fingerprint density at radius 2 is 1.94 bits per heavy atom. The Kier molecular flexibility index (Phi) is 3.42. The second kappa shape index (κ2) is 5.01. The Morgan fingerprint density at radius 1 is 1.33 bits per heavy atom. The Balaban J connectivity index is 2.30. The van der Waals surface area contributed by atoms with Gasteiger partial charge in [0.05, 0.1) is 18.7 Å². The molecule has 0 aliphatic heterocycles. The lowest BCUT2D eigenvalue weighted by atomic mass is 9.91. The molecule has 0 heterocycles. The van der Waals surface area contributed by atoms with Gasteiger partial charge in [-0.05, 0) is 30.5 Å². The monoisotopic (exact) mass is 243 g/mol. The maximum absolute atomic E-state index is 12.1. The van der Waals surface area contributed by atoms with Gasteiger partial charge in [0.1, 0.15) is 5.92 Å². The predicted molar refractivity (Wildman–Crippen MR) is 63.6 cm³/mol. The van der Waals surface area contributed by atoms with Crippen molar-refractivity contribution in [2.24, 2.45) is 5.92 Å². The molecule has 0 radical (unpaired) electrons. The molecule has 4 heteroatoms. The van der Waals surface area contributed by atoms with Crippen molar-refractivity contribution in [3.63, 3.8) is 0 Å². The topological polar surface area (TPSA) is 67.2 Å². The van der Waals surface area contributed by atoms with Gasteiger partial charge in [0.25, 0.3) is 0 Å². The smallest absolute Gasteiger partial charge is 0.320 e. The number of esters is 1. The molecule has 0 amide bonds. The zero-order chi connectivity index (χ0) is 13.1. The van der Waals surface area contributed by atoms with E-state index >= 15 is 0 Å². The maximum Gasteiger partial charge on any atom is 0.320 e. The molecule has 1 aliphatic rings. The molecular weight excluding hydrogens is 230 g/mol. The van der Waals surface area contributed by atoms with Crippen molar-refractivity contribution >= 4 is 11.8 Å². The third-order valence-corrected chi connectivity index (χ3v) is 3.07. The number of benzene rings is 1. The number of ether oxygens (including phenoxy) is 1. The SMILES string of the molecule is COC(=O)C(C(=O)C1CC1)c1ccc(C#N)cc1. The van der Waals surface area contributed by atoms with Gasteiger partial charge >= 0.3 is 5.97 Å². The van der Waals surface area contributed by atoms with E-state index in [4.69, 9.17) is 10.00 Å². The van der Waals surface area contributed by atoms with Gasteiger partial charge in [0.2, 0.25) is 0 Å². The largest absolute Gasteiger partial charge is 0.468 e. The fourth-order valence-electron chi connectivity index (χ4n) is 1.89. The van der Waals surface area contributed by atoms with Crippen molar-refractivity contribution in [2.75, 3.05) is 7.11 Å². The number of rotatable bonds is 4. The normalized spacial score (nSPS) is 15.6. The lowest BCUT2D eigenvalue weighted by Crippen LogP contribution is -2.24. The lowest BCUT2D eigenvalue weighted by molar-refractivity contribution is -0.146. The number of nitriles is 1. The van der Waals surface area contributed by atoms with Crippen molar-refractivity contribution in [3.8, 4) is 6.07 Å². The van der Waals surface area contributed by atoms with Crippen molar-refractivity contribution in [3.05, 3.63) is 35.4 Å². The third-order valence-electron chi connectivity index (χ3n) is 3.07.